The number of hydrogen-bond donors (Lipinski definition) is 1. The number of rotatable bonds is 11. The first-order valence-electron chi connectivity index (χ1n) is 9.62. The molecule has 1 fully saturated rings. The number of amides is 1. The minimum atomic E-state index is -0.877. The summed E-state index contributed by atoms with van der Waals surface area (Å²) in [6.07, 6.45) is 8.77. The zero-order valence-corrected chi connectivity index (χ0v) is 15.7. The van der Waals surface area contributed by atoms with Crippen molar-refractivity contribution in [2.75, 3.05) is 13.2 Å². The maximum absolute atomic E-state index is 12.5. The normalized spacial score (nSPS) is 16.2. The first kappa shape index (κ1) is 20.8. The second-order valence-corrected chi connectivity index (χ2v) is 7.28. The molecule has 140 valence electrons. The van der Waals surface area contributed by atoms with Gasteiger partial charge in [0.25, 0.3) is 0 Å². The molecule has 5 heteroatoms. The second-order valence-electron chi connectivity index (χ2n) is 7.28. The van der Waals surface area contributed by atoms with Crippen molar-refractivity contribution in [3.63, 3.8) is 0 Å². The van der Waals surface area contributed by atoms with Gasteiger partial charge in [-0.25, -0.2) is 9.59 Å². The molecule has 1 aliphatic rings. The van der Waals surface area contributed by atoms with Crippen molar-refractivity contribution in [2.45, 2.75) is 90.5 Å². The Morgan fingerprint density at radius 1 is 1.00 bits per heavy atom. The van der Waals surface area contributed by atoms with Gasteiger partial charge < -0.3 is 14.8 Å². The van der Waals surface area contributed by atoms with Crippen LogP contribution in [0.4, 0.5) is 4.79 Å². The maximum Gasteiger partial charge on any atom is 0.408 e. The first-order chi connectivity index (χ1) is 11.5. The molecule has 1 N–H and O–H groups in total. The molecule has 0 unspecified atom stereocenters. The molecule has 0 aromatic carbocycles. The van der Waals surface area contributed by atoms with E-state index in [-0.39, 0.29) is 5.97 Å². The summed E-state index contributed by atoms with van der Waals surface area (Å²) in [5.74, 6) is 0.302. The van der Waals surface area contributed by atoms with Gasteiger partial charge in [0, 0.05) is 0 Å². The third-order valence-electron chi connectivity index (χ3n) is 4.58. The van der Waals surface area contributed by atoms with E-state index in [1.54, 1.807) is 0 Å². The van der Waals surface area contributed by atoms with Gasteiger partial charge in [-0.15, -0.1) is 0 Å². The lowest BCUT2D eigenvalue weighted by Gasteiger charge is -2.27. The van der Waals surface area contributed by atoms with Crippen LogP contribution < -0.4 is 5.32 Å². The molecule has 1 aliphatic carbocycles. The fraction of sp³-hybridized carbons (Fsp3) is 0.895. The molecule has 0 aliphatic heterocycles. The Hall–Kier alpha value is -1.26. The number of hydrogen-bond acceptors (Lipinski definition) is 4. The van der Waals surface area contributed by atoms with Gasteiger partial charge in [-0.3, -0.25) is 0 Å². The molecule has 0 spiro atoms. The summed E-state index contributed by atoms with van der Waals surface area (Å²) in [5.41, 5.74) is -0.877. The van der Waals surface area contributed by atoms with Crippen LogP contribution in [0.5, 0.6) is 0 Å². The Labute approximate surface area is 146 Å². The molecule has 0 bridgehead atoms. The standard InChI is InChI=1S/C19H35NO4/c1-4-5-6-9-14-24-18(22)20-19(12-7-8-13-19)17(21)23-15-10-11-16(2)3/h16H,4-15H2,1-3H3,(H,20,22). The van der Waals surface area contributed by atoms with E-state index in [1.165, 1.54) is 0 Å². The molecule has 5 nitrogen and oxygen atoms in total. The zero-order chi connectivity index (χ0) is 17.8. The van der Waals surface area contributed by atoms with E-state index in [2.05, 4.69) is 26.1 Å². The average molecular weight is 341 g/mol. The van der Waals surface area contributed by atoms with E-state index in [9.17, 15) is 9.59 Å². The Balaban J connectivity index is 2.37. The van der Waals surface area contributed by atoms with Gasteiger partial charge in [-0.2, -0.15) is 0 Å². The van der Waals surface area contributed by atoms with Crippen LogP contribution in [0, 0.1) is 5.92 Å². The van der Waals surface area contributed by atoms with Crippen molar-refractivity contribution in [2.24, 2.45) is 5.92 Å². The predicted octanol–water partition coefficient (Wildman–Crippen LogP) is 4.59. The minimum Gasteiger partial charge on any atom is -0.464 e. The number of carbonyl (C=O) groups is 2. The van der Waals surface area contributed by atoms with E-state index in [0.29, 0.717) is 32.0 Å². The van der Waals surface area contributed by atoms with Gasteiger partial charge in [0.1, 0.15) is 5.54 Å². The van der Waals surface area contributed by atoms with Gasteiger partial charge in [-0.1, -0.05) is 52.9 Å². The van der Waals surface area contributed by atoms with E-state index >= 15 is 0 Å². The number of nitrogens with one attached hydrogen (secondary N) is 1. The molecule has 1 amide bonds. The van der Waals surface area contributed by atoms with Crippen molar-refractivity contribution in [3.05, 3.63) is 0 Å². The first-order valence-corrected chi connectivity index (χ1v) is 9.62. The molecule has 0 heterocycles. The highest BCUT2D eigenvalue weighted by atomic mass is 16.6. The van der Waals surface area contributed by atoms with Crippen LogP contribution in [0.25, 0.3) is 0 Å². The molecule has 24 heavy (non-hydrogen) atoms. The van der Waals surface area contributed by atoms with Crippen LogP contribution in [0.2, 0.25) is 0 Å². The molecule has 0 aromatic heterocycles. The van der Waals surface area contributed by atoms with Crippen molar-refractivity contribution >= 4 is 12.1 Å². The van der Waals surface area contributed by atoms with Gasteiger partial charge in [-0.05, 0) is 38.0 Å². The number of alkyl carbamates (subject to hydrolysis) is 1. The molecular formula is C19H35NO4. The fourth-order valence-electron chi connectivity index (χ4n) is 3.08. The summed E-state index contributed by atoms with van der Waals surface area (Å²) in [6, 6.07) is 0. The van der Waals surface area contributed by atoms with Crippen molar-refractivity contribution in [1.29, 1.82) is 0 Å². The van der Waals surface area contributed by atoms with Gasteiger partial charge in [0.05, 0.1) is 13.2 Å². The van der Waals surface area contributed by atoms with Crippen LogP contribution in [-0.4, -0.2) is 30.8 Å². The highest BCUT2D eigenvalue weighted by molar-refractivity contribution is 5.86. The molecule has 0 radical (unpaired) electrons. The molecular weight excluding hydrogens is 306 g/mol. The van der Waals surface area contributed by atoms with Crippen molar-refractivity contribution < 1.29 is 19.1 Å². The van der Waals surface area contributed by atoms with Gasteiger partial charge >= 0.3 is 12.1 Å². The third kappa shape index (κ3) is 7.54. The topological polar surface area (TPSA) is 64.6 Å². The van der Waals surface area contributed by atoms with Gasteiger partial charge in [0.2, 0.25) is 0 Å². The number of esters is 1. The fourth-order valence-corrected chi connectivity index (χ4v) is 3.08. The SMILES string of the molecule is CCCCCCOC(=O)NC1(C(=O)OCCCC(C)C)CCCC1. The van der Waals surface area contributed by atoms with Crippen molar-refractivity contribution in [1.82, 2.24) is 5.32 Å². The molecule has 0 saturated heterocycles. The molecule has 1 saturated carbocycles. The minimum absolute atomic E-state index is 0.299. The summed E-state index contributed by atoms with van der Waals surface area (Å²) in [5, 5.41) is 2.80. The van der Waals surface area contributed by atoms with Crippen LogP contribution in [0.1, 0.15) is 85.0 Å². The van der Waals surface area contributed by atoms with Crippen molar-refractivity contribution in [3.8, 4) is 0 Å². The predicted molar refractivity (Wildman–Crippen MR) is 94.9 cm³/mol. The molecule has 0 atom stereocenters. The van der Waals surface area contributed by atoms with Crippen LogP contribution in [0.3, 0.4) is 0 Å². The van der Waals surface area contributed by atoms with E-state index in [4.69, 9.17) is 9.47 Å². The van der Waals surface area contributed by atoms with E-state index in [0.717, 1.165) is 51.4 Å². The monoisotopic (exact) mass is 341 g/mol. The van der Waals surface area contributed by atoms with Crippen LogP contribution in [0.15, 0.2) is 0 Å². The molecule has 1 rings (SSSR count). The number of unbranched alkanes of at least 4 members (excludes halogenated alkanes) is 3. The Kier molecular flexibility index (Phi) is 9.80. The van der Waals surface area contributed by atoms with Gasteiger partial charge in [0.15, 0.2) is 0 Å². The van der Waals surface area contributed by atoms with Crippen LogP contribution >= 0.6 is 0 Å². The van der Waals surface area contributed by atoms with E-state index < -0.39 is 11.6 Å². The smallest absolute Gasteiger partial charge is 0.408 e. The summed E-state index contributed by atoms with van der Waals surface area (Å²) in [7, 11) is 0. The largest absolute Gasteiger partial charge is 0.464 e. The second kappa shape index (κ2) is 11.3. The van der Waals surface area contributed by atoms with E-state index in [1.807, 2.05) is 0 Å². The summed E-state index contributed by atoms with van der Waals surface area (Å²) < 4.78 is 10.7. The highest BCUT2D eigenvalue weighted by Gasteiger charge is 2.44. The zero-order valence-electron chi connectivity index (χ0n) is 15.7. The summed E-state index contributed by atoms with van der Waals surface area (Å²) in [6.45, 7) is 7.28. The maximum atomic E-state index is 12.5. The number of ether oxygens (including phenoxy) is 2. The Morgan fingerprint density at radius 3 is 2.29 bits per heavy atom. The lowest BCUT2D eigenvalue weighted by molar-refractivity contribution is -0.151. The quantitative estimate of drug-likeness (QED) is 0.441. The average Bonchev–Trinajstić information content (AvgIpc) is 3.00. The Morgan fingerprint density at radius 2 is 1.67 bits per heavy atom. The van der Waals surface area contributed by atoms with Crippen LogP contribution in [-0.2, 0) is 14.3 Å². The number of carbonyl (C=O) groups excluding carboxylic acids is 2. The summed E-state index contributed by atoms with van der Waals surface area (Å²) >= 11 is 0. The third-order valence-corrected chi connectivity index (χ3v) is 4.58. The highest BCUT2D eigenvalue weighted by Crippen LogP contribution is 2.31. The molecule has 0 aromatic rings. The lowest BCUT2D eigenvalue weighted by atomic mass is 9.98. The lowest BCUT2D eigenvalue weighted by Crippen LogP contribution is -2.53. The summed E-state index contributed by atoms with van der Waals surface area (Å²) in [4.78, 5) is 24.5. The Bertz CT molecular complexity index is 376.